The first kappa shape index (κ1) is 16.9. The van der Waals surface area contributed by atoms with E-state index in [1.165, 1.54) is 0 Å². The predicted octanol–water partition coefficient (Wildman–Crippen LogP) is 3.76. The lowest BCUT2D eigenvalue weighted by atomic mass is 10.2. The van der Waals surface area contributed by atoms with Crippen LogP contribution in [0.5, 0.6) is 0 Å². The van der Waals surface area contributed by atoms with Crippen molar-refractivity contribution in [2.75, 3.05) is 0 Å². The summed E-state index contributed by atoms with van der Waals surface area (Å²) in [5.41, 5.74) is 0.328. The summed E-state index contributed by atoms with van der Waals surface area (Å²) in [4.78, 5) is 12.1. The van der Waals surface area contributed by atoms with Crippen LogP contribution < -0.4 is 10.6 Å². The molecule has 106 valence electrons. The van der Waals surface area contributed by atoms with E-state index in [-0.39, 0.29) is 6.04 Å². The first-order chi connectivity index (χ1) is 8.71. The maximum absolute atomic E-state index is 12.1. The number of halogens is 4. The van der Waals surface area contributed by atoms with Crippen molar-refractivity contribution in [2.24, 2.45) is 0 Å². The fourth-order valence-corrected chi connectivity index (χ4v) is 1.98. The van der Waals surface area contributed by atoms with Crippen LogP contribution in [-0.4, -0.2) is 21.9 Å². The van der Waals surface area contributed by atoms with Crippen LogP contribution in [0.4, 0.5) is 0 Å². The van der Waals surface area contributed by atoms with Crippen molar-refractivity contribution < 1.29 is 4.79 Å². The lowest BCUT2D eigenvalue weighted by Gasteiger charge is -2.28. The molecule has 7 heteroatoms. The second-order valence-corrected chi connectivity index (χ2v) is 7.03. The van der Waals surface area contributed by atoms with Gasteiger partial charge in [0.1, 0.15) is 6.17 Å². The molecule has 1 aromatic carbocycles. The average molecular weight is 344 g/mol. The van der Waals surface area contributed by atoms with Gasteiger partial charge in [-0.25, -0.2) is 0 Å². The van der Waals surface area contributed by atoms with Gasteiger partial charge in [-0.2, -0.15) is 0 Å². The highest BCUT2D eigenvalue weighted by Gasteiger charge is 2.34. The van der Waals surface area contributed by atoms with Crippen molar-refractivity contribution >= 4 is 52.3 Å². The summed E-state index contributed by atoms with van der Waals surface area (Å²) < 4.78 is -1.67. The lowest BCUT2D eigenvalue weighted by Crippen LogP contribution is -2.55. The maximum Gasteiger partial charge on any atom is 0.254 e. The fourth-order valence-electron chi connectivity index (χ4n) is 1.41. The standard InChI is InChI=1S/C12H14Cl4N2O/c1-7(2)17-11(12(14,15)16)18-10(19)8-5-3-4-6-9(8)13/h3-7,11,17H,1-2H3,(H,18,19)/t11-/m0/s1. The molecule has 0 aliphatic heterocycles. The Morgan fingerprint density at radius 3 is 2.26 bits per heavy atom. The molecule has 0 aliphatic carbocycles. The van der Waals surface area contributed by atoms with Gasteiger partial charge >= 0.3 is 0 Å². The monoisotopic (exact) mass is 342 g/mol. The van der Waals surface area contributed by atoms with Crippen LogP contribution >= 0.6 is 46.4 Å². The van der Waals surface area contributed by atoms with E-state index >= 15 is 0 Å². The minimum absolute atomic E-state index is 0.0344. The summed E-state index contributed by atoms with van der Waals surface area (Å²) in [6.45, 7) is 3.76. The van der Waals surface area contributed by atoms with Gasteiger partial charge in [-0.3, -0.25) is 10.1 Å². The van der Waals surface area contributed by atoms with E-state index in [1.54, 1.807) is 24.3 Å². The van der Waals surface area contributed by atoms with E-state index < -0.39 is 15.9 Å². The molecular formula is C12H14Cl4N2O. The maximum atomic E-state index is 12.1. The summed E-state index contributed by atoms with van der Waals surface area (Å²) in [5, 5.41) is 5.92. The van der Waals surface area contributed by atoms with Crippen molar-refractivity contribution in [1.29, 1.82) is 0 Å². The molecule has 1 aromatic rings. The number of hydrogen-bond donors (Lipinski definition) is 2. The molecule has 0 aliphatic rings. The number of benzene rings is 1. The molecule has 0 saturated heterocycles. The molecule has 0 radical (unpaired) electrons. The third kappa shape index (κ3) is 5.36. The molecule has 0 saturated carbocycles. The number of amides is 1. The molecule has 0 spiro atoms. The summed E-state index contributed by atoms with van der Waals surface area (Å²) >= 11 is 23.4. The summed E-state index contributed by atoms with van der Waals surface area (Å²) in [5.74, 6) is -0.407. The Balaban J connectivity index is 2.86. The van der Waals surface area contributed by atoms with E-state index in [9.17, 15) is 4.79 Å². The zero-order valence-electron chi connectivity index (χ0n) is 10.4. The highest BCUT2D eigenvalue weighted by Crippen LogP contribution is 2.29. The third-order valence-corrected chi connectivity index (χ3v) is 3.21. The van der Waals surface area contributed by atoms with Gasteiger partial charge in [-0.05, 0) is 26.0 Å². The molecule has 0 unspecified atom stereocenters. The van der Waals surface area contributed by atoms with Crippen molar-refractivity contribution in [1.82, 2.24) is 10.6 Å². The molecular weight excluding hydrogens is 330 g/mol. The number of alkyl halides is 3. The molecule has 1 amide bonds. The van der Waals surface area contributed by atoms with E-state index in [0.717, 1.165) is 0 Å². The van der Waals surface area contributed by atoms with Gasteiger partial charge in [0.25, 0.3) is 5.91 Å². The molecule has 0 aromatic heterocycles. The van der Waals surface area contributed by atoms with Crippen LogP contribution in [-0.2, 0) is 0 Å². The van der Waals surface area contributed by atoms with Crippen LogP contribution in [0.1, 0.15) is 24.2 Å². The number of carbonyl (C=O) groups is 1. The Hall–Kier alpha value is -0.190. The zero-order valence-corrected chi connectivity index (χ0v) is 13.4. The normalized spacial score (nSPS) is 13.4. The van der Waals surface area contributed by atoms with Gasteiger partial charge in [-0.15, -0.1) is 0 Å². The predicted molar refractivity (Wildman–Crippen MR) is 81.3 cm³/mol. The Morgan fingerprint density at radius 2 is 1.79 bits per heavy atom. The molecule has 3 nitrogen and oxygen atoms in total. The van der Waals surface area contributed by atoms with Crippen LogP contribution in [0.3, 0.4) is 0 Å². The van der Waals surface area contributed by atoms with Crippen LogP contribution in [0.15, 0.2) is 24.3 Å². The summed E-state index contributed by atoms with van der Waals surface area (Å²) in [7, 11) is 0. The van der Waals surface area contributed by atoms with Crippen LogP contribution in [0.25, 0.3) is 0 Å². The minimum Gasteiger partial charge on any atom is -0.333 e. The highest BCUT2D eigenvalue weighted by molar-refractivity contribution is 6.68. The van der Waals surface area contributed by atoms with Gasteiger partial charge in [-0.1, -0.05) is 58.5 Å². The average Bonchev–Trinajstić information content (AvgIpc) is 2.26. The smallest absolute Gasteiger partial charge is 0.254 e. The molecule has 19 heavy (non-hydrogen) atoms. The van der Waals surface area contributed by atoms with E-state index in [2.05, 4.69) is 10.6 Å². The Kier molecular flexibility index (Phi) is 6.21. The van der Waals surface area contributed by atoms with E-state index in [4.69, 9.17) is 46.4 Å². The van der Waals surface area contributed by atoms with E-state index in [0.29, 0.717) is 10.6 Å². The fraction of sp³-hybridized carbons (Fsp3) is 0.417. The molecule has 1 rings (SSSR count). The molecule has 1 atom stereocenters. The topological polar surface area (TPSA) is 41.1 Å². The zero-order chi connectivity index (χ0) is 14.6. The second kappa shape index (κ2) is 7.00. The number of hydrogen-bond acceptors (Lipinski definition) is 2. The van der Waals surface area contributed by atoms with Gasteiger partial charge in [0, 0.05) is 6.04 Å². The molecule has 0 heterocycles. The van der Waals surface area contributed by atoms with Gasteiger partial charge in [0.05, 0.1) is 10.6 Å². The van der Waals surface area contributed by atoms with Crippen molar-refractivity contribution in [3.63, 3.8) is 0 Å². The first-order valence-corrected chi connectivity index (χ1v) is 7.11. The van der Waals surface area contributed by atoms with Crippen LogP contribution in [0.2, 0.25) is 5.02 Å². The third-order valence-electron chi connectivity index (χ3n) is 2.22. The number of nitrogens with one attached hydrogen (secondary N) is 2. The van der Waals surface area contributed by atoms with Crippen molar-refractivity contribution in [3.8, 4) is 0 Å². The second-order valence-electron chi connectivity index (χ2n) is 4.25. The quantitative estimate of drug-likeness (QED) is 0.645. The van der Waals surface area contributed by atoms with Crippen molar-refractivity contribution in [3.05, 3.63) is 34.9 Å². The van der Waals surface area contributed by atoms with Gasteiger partial charge < -0.3 is 5.32 Å². The van der Waals surface area contributed by atoms with Gasteiger partial charge in [0.15, 0.2) is 0 Å². The van der Waals surface area contributed by atoms with E-state index in [1.807, 2.05) is 13.8 Å². The van der Waals surface area contributed by atoms with Crippen molar-refractivity contribution in [2.45, 2.75) is 29.8 Å². The number of carbonyl (C=O) groups excluding carboxylic acids is 1. The minimum atomic E-state index is -1.67. The molecule has 0 fully saturated rings. The first-order valence-electron chi connectivity index (χ1n) is 5.60. The largest absolute Gasteiger partial charge is 0.333 e. The Labute approximate surface area is 132 Å². The summed E-state index contributed by atoms with van der Waals surface area (Å²) in [6.07, 6.45) is -0.818. The van der Waals surface area contributed by atoms with Gasteiger partial charge in [0.2, 0.25) is 3.79 Å². The van der Waals surface area contributed by atoms with Crippen LogP contribution in [0, 0.1) is 0 Å². The molecule has 2 N–H and O–H groups in total. The Bertz CT molecular complexity index is 446. The lowest BCUT2D eigenvalue weighted by molar-refractivity contribution is 0.0928. The SMILES string of the molecule is CC(C)N[C@@H](NC(=O)c1ccccc1Cl)C(Cl)(Cl)Cl. The number of rotatable bonds is 4. The molecule has 0 bridgehead atoms. The summed E-state index contributed by atoms with van der Waals surface area (Å²) in [6, 6.07) is 6.70. The Morgan fingerprint density at radius 1 is 1.21 bits per heavy atom. The highest BCUT2D eigenvalue weighted by atomic mass is 35.6.